The lowest BCUT2D eigenvalue weighted by Gasteiger charge is -2.23. The van der Waals surface area contributed by atoms with Crippen LogP contribution in [0, 0.1) is 0 Å². The maximum atomic E-state index is 11.0. The summed E-state index contributed by atoms with van der Waals surface area (Å²) in [6.45, 7) is 2.27. The molecule has 3 N–H and O–H groups in total. The van der Waals surface area contributed by atoms with Crippen LogP contribution in [0.25, 0.3) is 0 Å². The quantitative estimate of drug-likeness (QED) is 0.874. The fraction of sp³-hybridized carbons (Fsp3) is 0.462. The van der Waals surface area contributed by atoms with Gasteiger partial charge in [-0.25, -0.2) is 0 Å². The molecule has 0 spiro atoms. The molecule has 98 valence electrons. The molecule has 0 bridgehead atoms. The summed E-state index contributed by atoms with van der Waals surface area (Å²) in [6, 6.07) is 5.52. The van der Waals surface area contributed by atoms with Gasteiger partial charge in [-0.2, -0.15) is 0 Å². The Kier molecular flexibility index (Phi) is 4.58. The van der Waals surface area contributed by atoms with Gasteiger partial charge in [0, 0.05) is 29.8 Å². The van der Waals surface area contributed by atoms with Crippen LogP contribution in [0.2, 0.25) is 5.02 Å². The van der Waals surface area contributed by atoms with Gasteiger partial charge in [0.15, 0.2) is 0 Å². The summed E-state index contributed by atoms with van der Waals surface area (Å²) in [7, 11) is 0. The number of hydrogen-bond acceptors (Lipinski definition) is 3. The van der Waals surface area contributed by atoms with Crippen molar-refractivity contribution in [3.63, 3.8) is 0 Å². The third-order valence-electron chi connectivity index (χ3n) is 3.08. The molecule has 0 saturated carbocycles. The fourth-order valence-corrected chi connectivity index (χ4v) is 2.25. The lowest BCUT2D eigenvalue weighted by Crippen LogP contribution is -2.36. The van der Waals surface area contributed by atoms with E-state index in [0.717, 1.165) is 31.6 Å². The Bertz CT molecular complexity index is 431. The van der Waals surface area contributed by atoms with E-state index < -0.39 is 5.91 Å². The molecule has 4 nitrogen and oxygen atoms in total. The van der Waals surface area contributed by atoms with Crippen LogP contribution in [0.3, 0.4) is 0 Å². The minimum atomic E-state index is -0.461. The van der Waals surface area contributed by atoms with E-state index in [1.165, 1.54) is 0 Å². The Morgan fingerprint density at radius 3 is 3.00 bits per heavy atom. The molecule has 1 unspecified atom stereocenters. The van der Waals surface area contributed by atoms with E-state index >= 15 is 0 Å². The summed E-state index contributed by atoms with van der Waals surface area (Å²) in [5.41, 5.74) is 6.59. The number of benzene rings is 1. The number of nitrogens with two attached hydrogens (primary N) is 1. The molecule has 1 aliphatic heterocycles. The van der Waals surface area contributed by atoms with Crippen LogP contribution in [0.1, 0.15) is 28.8 Å². The first-order valence-corrected chi connectivity index (χ1v) is 6.44. The Labute approximate surface area is 111 Å². The molecule has 1 saturated heterocycles. The van der Waals surface area contributed by atoms with Crippen molar-refractivity contribution in [3.8, 4) is 0 Å². The number of halogens is 1. The molecular weight excluding hydrogens is 252 g/mol. The summed E-state index contributed by atoms with van der Waals surface area (Å²) in [6.07, 6.45) is 2.21. The lowest BCUT2D eigenvalue weighted by molar-refractivity contribution is 0.0699. The molecule has 0 aliphatic carbocycles. The van der Waals surface area contributed by atoms with Crippen LogP contribution >= 0.6 is 11.6 Å². The monoisotopic (exact) mass is 268 g/mol. The largest absolute Gasteiger partial charge is 0.380 e. The maximum Gasteiger partial charge on any atom is 0.248 e. The summed E-state index contributed by atoms with van der Waals surface area (Å²) in [5.74, 6) is -0.461. The van der Waals surface area contributed by atoms with Crippen molar-refractivity contribution in [2.24, 2.45) is 5.73 Å². The average Bonchev–Trinajstić information content (AvgIpc) is 2.38. The van der Waals surface area contributed by atoms with Crippen molar-refractivity contribution in [2.45, 2.75) is 25.4 Å². The normalized spacial score (nSPS) is 19.7. The number of rotatable bonds is 4. The molecule has 1 amide bonds. The van der Waals surface area contributed by atoms with Crippen LogP contribution in [-0.2, 0) is 11.3 Å². The van der Waals surface area contributed by atoms with E-state index in [1.54, 1.807) is 12.1 Å². The van der Waals surface area contributed by atoms with Crippen LogP contribution in [0.5, 0.6) is 0 Å². The van der Waals surface area contributed by atoms with Gasteiger partial charge in [0.2, 0.25) is 5.91 Å². The minimum absolute atomic E-state index is 0.380. The van der Waals surface area contributed by atoms with Gasteiger partial charge in [0.05, 0.1) is 6.61 Å². The second kappa shape index (κ2) is 6.18. The molecule has 5 heteroatoms. The molecule has 0 aromatic heterocycles. The smallest absolute Gasteiger partial charge is 0.248 e. The van der Waals surface area contributed by atoms with Crippen molar-refractivity contribution in [1.29, 1.82) is 0 Å². The summed E-state index contributed by atoms with van der Waals surface area (Å²) < 4.78 is 5.39. The van der Waals surface area contributed by atoms with Crippen molar-refractivity contribution in [3.05, 3.63) is 34.3 Å². The first-order chi connectivity index (χ1) is 8.66. The first kappa shape index (κ1) is 13.3. The Balaban J connectivity index is 1.94. The standard InChI is InChI=1S/C13H17ClN2O2/c14-12-6-9(13(15)17)3-4-10(12)7-16-11-2-1-5-18-8-11/h3-4,6,11,16H,1-2,5,7-8H2,(H2,15,17). The summed E-state index contributed by atoms with van der Waals surface area (Å²) >= 11 is 6.11. The predicted molar refractivity (Wildman–Crippen MR) is 70.7 cm³/mol. The Morgan fingerprint density at radius 2 is 2.39 bits per heavy atom. The average molecular weight is 269 g/mol. The van der Waals surface area contributed by atoms with Crippen LogP contribution < -0.4 is 11.1 Å². The number of nitrogens with one attached hydrogen (secondary N) is 1. The highest BCUT2D eigenvalue weighted by molar-refractivity contribution is 6.31. The summed E-state index contributed by atoms with van der Waals surface area (Å²) in [5, 5.41) is 3.97. The lowest BCUT2D eigenvalue weighted by atomic mass is 10.1. The Hall–Kier alpha value is -1.10. The van der Waals surface area contributed by atoms with Crippen LogP contribution in [0.15, 0.2) is 18.2 Å². The van der Waals surface area contributed by atoms with Gasteiger partial charge in [0.1, 0.15) is 0 Å². The van der Waals surface area contributed by atoms with E-state index in [-0.39, 0.29) is 0 Å². The topological polar surface area (TPSA) is 64.4 Å². The fourth-order valence-electron chi connectivity index (χ4n) is 2.00. The molecule has 2 rings (SSSR count). The zero-order chi connectivity index (χ0) is 13.0. The number of primary amides is 1. The predicted octanol–water partition coefficient (Wildman–Crippen LogP) is 1.71. The zero-order valence-electron chi connectivity index (χ0n) is 10.1. The van der Waals surface area contributed by atoms with Gasteiger partial charge in [0.25, 0.3) is 0 Å². The number of hydrogen-bond donors (Lipinski definition) is 2. The number of carbonyl (C=O) groups is 1. The number of amides is 1. The van der Waals surface area contributed by atoms with E-state index in [0.29, 0.717) is 23.2 Å². The van der Waals surface area contributed by atoms with Crippen molar-refractivity contribution in [2.75, 3.05) is 13.2 Å². The molecule has 1 aromatic carbocycles. The number of carbonyl (C=O) groups excluding carboxylic acids is 1. The molecule has 1 heterocycles. The first-order valence-electron chi connectivity index (χ1n) is 6.06. The van der Waals surface area contributed by atoms with Gasteiger partial charge in [-0.1, -0.05) is 17.7 Å². The minimum Gasteiger partial charge on any atom is -0.380 e. The summed E-state index contributed by atoms with van der Waals surface area (Å²) in [4.78, 5) is 11.0. The molecule has 18 heavy (non-hydrogen) atoms. The van der Waals surface area contributed by atoms with E-state index in [1.807, 2.05) is 6.07 Å². The van der Waals surface area contributed by atoms with E-state index in [4.69, 9.17) is 22.1 Å². The highest BCUT2D eigenvalue weighted by Gasteiger charge is 2.13. The van der Waals surface area contributed by atoms with E-state index in [9.17, 15) is 4.79 Å². The zero-order valence-corrected chi connectivity index (χ0v) is 10.9. The van der Waals surface area contributed by atoms with Gasteiger partial charge < -0.3 is 15.8 Å². The number of ether oxygens (including phenoxy) is 1. The highest BCUT2D eigenvalue weighted by atomic mass is 35.5. The van der Waals surface area contributed by atoms with E-state index in [2.05, 4.69) is 5.32 Å². The van der Waals surface area contributed by atoms with Crippen molar-refractivity contribution in [1.82, 2.24) is 5.32 Å². The second-order valence-electron chi connectivity index (χ2n) is 4.47. The van der Waals surface area contributed by atoms with Gasteiger partial charge in [-0.05, 0) is 30.5 Å². The highest BCUT2D eigenvalue weighted by Crippen LogP contribution is 2.18. The van der Waals surface area contributed by atoms with Crippen LogP contribution in [0.4, 0.5) is 0 Å². The molecule has 1 aliphatic rings. The van der Waals surface area contributed by atoms with Gasteiger partial charge >= 0.3 is 0 Å². The van der Waals surface area contributed by atoms with Gasteiger partial charge in [-0.3, -0.25) is 4.79 Å². The third kappa shape index (κ3) is 3.45. The van der Waals surface area contributed by atoms with Crippen LogP contribution in [-0.4, -0.2) is 25.2 Å². The molecule has 1 fully saturated rings. The molecule has 0 radical (unpaired) electrons. The molecule has 1 atom stereocenters. The Morgan fingerprint density at radius 1 is 1.56 bits per heavy atom. The third-order valence-corrected chi connectivity index (χ3v) is 3.43. The van der Waals surface area contributed by atoms with Crippen molar-refractivity contribution < 1.29 is 9.53 Å². The second-order valence-corrected chi connectivity index (χ2v) is 4.87. The van der Waals surface area contributed by atoms with Crippen molar-refractivity contribution >= 4 is 17.5 Å². The SMILES string of the molecule is NC(=O)c1ccc(CNC2CCCOC2)c(Cl)c1. The maximum absolute atomic E-state index is 11.0. The molecular formula is C13H17ClN2O2. The molecule has 1 aromatic rings. The van der Waals surface area contributed by atoms with Gasteiger partial charge in [-0.15, -0.1) is 0 Å².